The lowest BCUT2D eigenvalue weighted by Gasteiger charge is -2.24. The second-order valence-electron chi connectivity index (χ2n) is 6.53. The summed E-state index contributed by atoms with van der Waals surface area (Å²) < 4.78 is 12.6. The van der Waals surface area contributed by atoms with Crippen LogP contribution >= 0.6 is 11.6 Å². The number of benzene rings is 2. The fraction of sp³-hybridized carbons (Fsp3) is 0.174. The van der Waals surface area contributed by atoms with Gasteiger partial charge in [-0.05, 0) is 67.8 Å². The van der Waals surface area contributed by atoms with Gasteiger partial charge in [-0.25, -0.2) is 4.39 Å². The first-order chi connectivity index (χ1) is 13.7. The van der Waals surface area contributed by atoms with Crippen molar-refractivity contribution in [3.8, 4) is 6.07 Å². The molecule has 0 bridgehead atoms. The smallest absolute Gasteiger partial charge is 0.141 e. The van der Waals surface area contributed by atoms with Crippen molar-refractivity contribution in [1.29, 1.82) is 5.26 Å². The Hall–Kier alpha value is -3.07. The predicted octanol–water partition coefficient (Wildman–Crippen LogP) is 5.09. The van der Waals surface area contributed by atoms with E-state index in [2.05, 4.69) is 4.98 Å². The van der Waals surface area contributed by atoms with Gasteiger partial charge in [-0.15, -0.1) is 0 Å². The third-order valence-electron chi connectivity index (χ3n) is 4.13. The molecule has 3 rings (SSSR count). The van der Waals surface area contributed by atoms with Crippen LogP contribution in [0, 0.1) is 31.0 Å². The minimum atomic E-state index is -0.599. The van der Waals surface area contributed by atoms with Gasteiger partial charge in [-0.2, -0.15) is 5.26 Å². The monoisotopic (exact) mass is 411 g/mol. The Morgan fingerprint density at radius 1 is 1.07 bits per heavy atom. The number of hydrogen-bond acceptors (Lipinski definition) is 4. The van der Waals surface area contributed by atoms with Crippen LogP contribution in [-0.4, -0.2) is 11.8 Å². The minimum Gasteiger partial charge on any atom is -0.317 e. The number of pyridine rings is 1. The van der Waals surface area contributed by atoms with E-state index in [0.29, 0.717) is 5.02 Å². The number of rotatable bonds is 2. The normalized spacial score (nSPS) is 11.6. The van der Waals surface area contributed by atoms with Crippen molar-refractivity contribution in [3.63, 3.8) is 0 Å². The van der Waals surface area contributed by atoms with E-state index in [1.807, 2.05) is 63.2 Å². The van der Waals surface area contributed by atoms with Gasteiger partial charge in [0.1, 0.15) is 18.7 Å². The molecule has 0 radical (unpaired) electrons. The third-order valence-corrected chi connectivity index (χ3v) is 4.38. The Balaban J connectivity index is 0.000000299. The molecule has 6 heteroatoms. The van der Waals surface area contributed by atoms with Gasteiger partial charge < -0.3 is 10.5 Å². The highest BCUT2D eigenvalue weighted by Crippen LogP contribution is 2.26. The first-order valence-electron chi connectivity index (χ1n) is 8.67. The zero-order valence-electron chi connectivity index (χ0n) is 16.6. The lowest BCUT2D eigenvalue weighted by molar-refractivity contribution is -0.0979. The molecular formula is C23H23ClFN3O. The van der Waals surface area contributed by atoms with Gasteiger partial charge in [0, 0.05) is 11.2 Å². The number of aryl methyl sites for hydroxylation is 2. The summed E-state index contributed by atoms with van der Waals surface area (Å²) in [5.41, 5.74) is 9.66. The maximum atomic E-state index is 12.6. The van der Waals surface area contributed by atoms with Gasteiger partial charge >= 0.3 is 0 Å². The van der Waals surface area contributed by atoms with Crippen LogP contribution in [0.2, 0.25) is 5.02 Å². The van der Waals surface area contributed by atoms with E-state index < -0.39 is 11.4 Å². The molecular weight excluding hydrogens is 389 g/mol. The highest BCUT2D eigenvalue weighted by atomic mass is 35.5. The summed E-state index contributed by atoms with van der Waals surface area (Å²) in [5.74, 6) is -0.442. The number of aromatic nitrogens is 1. The minimum absolute atomic E-state index is 0.102. The van der Waals surface area contributed by atoms with Crippen LogP contribution in [-0.2, 0) is 10.3 Å². The van der Waals surface area contributed by atoms with Crippen LogP contribution < -0.4 is 5.73 Å². The van der Waals surface area contributed by atoms with E-state index in [0.717, 1.165) is 22.4 Å². The lowest BCUT2D eigenvalue weighted by atomic mass is 9.89. The van der Waals surface area contributed by atoms with E-state index in [-0.39, 0.29) is 5.56 Å². The number of hydrogen-bond donors (Lipinski definition) is 1. The molecule has 1 aromatic heterocycles. The summed E-state index contributed by atoms with van der Waals surface area (Å²) in [7, 11) is 0. The number of halogens is 2. The number of carbonyl (C=O) groups is 1. The molecule has 29 heavy (non-hydrogen) atoms. The standard InChI is InChI=1S/C14H15ClN2.C8H6FN.CH2O/c1-10-3-8-13(17-9-10)14(2,16)11-4-6-12(15)7-5-11;1-6-2-3-7(5-10)8(9)4-6;1-2/h3-9H,16H2,1-2H3;2-4H,1H3;1H2. The Labute approximate surface area is 175 Å². The average molecular weight is 412 g/mol. The third kappa shape index (κ3) is 6.79. The molecule has 1 unspecified atom stereocenters. The molecule has 1 heterocycles. The van der Waals surface area contributed by atoms with Gasteiger partial charge in [0.15, 0.2) is 0 Å². The van der Waals surface area contributed by atoms with Gasteiger partial charge in [0.05, 0.1) is 16.8 Å². The van der Waals surface area contributed by atoms with Crippen molar-refractivity contribution >= 4 is 18.4 Å². The van der Waals surface area contributed by atoms with E-state index in [4.69, 9.17) is 27.4 Å². The van der Waals surface area contributed by atoms with Crippen LogP contribution in [0.25, 0.3) is 0 Å². The SMILES string of the molecule is C=O.Cc1ccc(C#N)c(F)c1.Cc1ccc(C(C)(N)c2ccc(Cl)cc2)nc1. The second-order valence-corrected chi connectivity index (χ2v) is 6.96. The van der Waals surface area contributed by atoms with Gasteiger partial charge in [0.25, 0.3) is 0 Å². The molecule has 0 aliphatic rings. The van der Waals surface area contributed by atoms with Crippen molar-refractivity contribution in [3.05, 3.63) is 99.6 Å². The fourth-order valence-electron chi connectivity index (χ4n) is 2.43. The summed E-state index contributed by atoms with van der Waals surface area (Å²) >= 11 is 5.87. The highest BCUT2D eigenvalue weighted by Gasteiger charge is 2.24. The second kappa shape index (κ2) is 11.1. The molecule has 0 saturated heterocycles. The van der Waals surface area contributed by atoms with Crippen molar-refractivity contribution in [1.82, 2.24) is 4.98 Å². The van der Waals surface area contributed by atoms with Gasteiger partial charge in [0.2, 0.25) is 0 Å². The Bertz CT molecular complexity index is 917. The molecule has 1 atom stereocenters. The molecule has 2 N–H and O–H groups in total. The van der Waals surface area contributed by atoms with Crippen molar-refractivity contribution in [2.75, 3.05) is 0 Å². The zero-order chi connectivity index (χ0) is 22.0. The molecule has 0 fully saturated rings. The molecule has 0 aliphatic heterocycles. The number of nitriles is 1. The lowest BCUT2D eigenvalue weighted by Crippen LogP contribution is -2.35. The maximum absolute atomic E-state index is 12.6. The van der Waals surface area contributed by atoms with Crippen molar-refractivity contribution in [2.24, 2.45) is 5.73 Å². The van der Waals surface area contributed by atoms with Crippen molar-refractivity contribution < 1.29 is 9.18 Å². The summed E-state index contributed by atoms with van der Waals surface area (Å²) in [6, 6.07) is 17.8. The van der Waals surface area contributed by atoms with Gasteiger partial charge in [-0.3, -0.25) is 4.98 Å². The molecule has 0 saturated carbocycles. The topological polar surface area (TPSA) is 79.8 Å². The Kier molecular flexibility index (Phi) is 9.14. The first-order valence-corrected chi connectivity index (χ1v) is 9.05. The summed E-state index contributed by atoms with van der Waals surface area (Å²) in [4.78, 5) is 12.4. The number of carbonyl (C=O) groups excluding carboxylic acids is 1. The fourth-order valence-corrected chi connectivity index (χ4v) is 2.56. The van der Waals surface area contributed by atoms with E-state index >= 15 is 0 Å². The summed E-state index contributed by atoms with van der Waals surface area (Å²) in [6.07, 6.45) is 1.83. The Morgan fingerprint density at radius 2 is 1.66 bits per heavy atom. The predicted molar refractivity (Wildman–Crippen MR) is 114 cm³/mol. The van der Waals surface area contributed by atoms with E-state index in [1.165, 1.54) is 12.1 Å². The number of nitrogens with zero attached hydrogens (tertiary/aromatic N) is 2. The molecule has 0 aliphatic carbocycles. The summed E-state index contributed by atoms with van der Waals surface area (Å²) in [6.45, 7) is 7.74. The van der Waals surface area contributed by atoms with Gasteiger partial charge in [-0.1, -0.05) is 35.9 Å². The van der Waals surface area contributed by atoms with E-state index in [9.17, 15) is 4.39 Å². The largest absolute Gasteiger partial charge is 0.317 e. The van der Waals surface area contributed by atoms with Crippen molar-refractivity contribution in [2.45, 2.75) is 26.3 Å². The van der Waals surface area contributed by atoms with Crippen LogP contribution in [0.1, 0.15) is 34.9 Å². The zero-order valence-corrected chi connectivity index (χ0v) is 17.4. The van der Waals surface area contributed by atoms with Crippen LogP contribution in [0.3, 0.4) is 0 Å². The maximum Gasteiger partial charge on any atom is 0.141 e. The molecule has 4 nitrogen and oxygen atoms in total. The highest BCUT2D eigenvalue weighted by molar-refractivity contribution is 6.30. The average Bonchev–Trinajstić information content (AvgIpc) is 2.71. The quantitative estimate of drug-likeness (QED) is 0.637. The Morgan fingerprint density at radius 3 is 2.14 bits per heavy atom. The molecule has 150 valence electrons. The van der Waals surface area contributed by atoms with Crippen LogP contribution in [0.4, 0.5) is 4.39 Å². The number of nitrogens with two attached hydrogens (primary N) is 1. The summed E-state index contributed by atoms with van der Waals surface area (Å²) in [5, 5.41) is 9.03. The van der Waals surface area contributed by atoms with E-state index in [1.54, 1.807) is 19.1 Å². The molecule has 0 amide bonds. The molecule has 0 spiro atoms. The van der Waals surface area contributed by atoms with Crippen LogP contribution in [0.15, 0.2) is 60.8 Å². The molecule has 3 aromatic rings. The first kappa shape index (κ1) is 24.0. The molecule has 2 aromatic carbocycles. The van der Waals surface area contributed by atoms with Crippen LogP contribution in [0.5, 0.6) is 0 Å².